The van der Waals surface area contributed by atoms with Gasteiger partial charge in [0.1, 0.15) is 18.8 Å². The van der Waals surface area contributed by atoms with E-state index in [4.69, 9.17) is 24.6 Å². The second kappa shape index (κ2) is 13.7. The van der Waals surface area contributed by atoms with Crippen molar-refractivity contribution in [2.45, 2.75) is 38.1 Å². The number of aliphatic carboxylic acids is 1. The molecule has 3 heterocycles. The van der Waals surface area contributed by atoms with Gasteiger partial charge >= 0.3 is 5.97 Å². The molecule has 3 aromatic rings. The number of carbonyl (C=O) groups is 2. The number of alkyl halides is 1. The lowest BCUT2D eigenvalue weighted by molar-refractivity contribution is -0.142. The van der Waals surface area contributed by atoms with Crippen LogP contribution >= 0.6 is 0 Å². The van der Waals surface area contributed by atoms with Gasteiger partial charge in [-0.2, -0.15) is 15.0 Å². The molecule has 0 bridgehead atoms. The molecule has 1 aliphatic carbocycles. The number of halogens is 1. The van der Waals surface area contributed by atoms with Crippen LogP contribution in [0.25, 0.3) is 16.9 Å². The van der Waals surface area contributed by atoms with Gasteiger partial charge in [0, 0.05) is 29.9 Å². The molecule has 13 nitrogen and oxygen atoms in total. The number of rotatable bonds is 16. The number of carboxylic acid groups (broad SMARTS) is 1. The molecule has 0 aliphatic heterocycles. The molecule has 0 spiro atoms. The third kappa shape index (κ3) is 7.92. The highest BCUT2D eigenvalue weighted by Gasteiger charge is 2.25. The third-order valence-electron chi connectivity index (χ3n) is 6.00. The number of carbonyl (C=O) groups excluding carboxylic acids is 1. The summed E-state index contributed by atoms with van der Waals surface area (Å²) in [6, 6.07) is 5.67. The minimum absolute atomic E-state index is 0.129. The number of nitrogens with one attached hydrogen (secondary N) is 2. The van der Waals surface area contributed by atoms with E-state index in [9.17, 15) is 14.0 Å². The zero-order chi connectivity index (χ0) is 28.5. The molecular weight excluding hydrogens is 525 g/mol. The minimum atomic E-state index is -1.46. The van der Waals surface area contributed by atoms with E-state index in [1.54, 1.807) is 25.3 Å². The number of amides is 1. The number of anilines is 1. The number of nitrogens with zero attached hydrogens (tertiary/aromatic N) is 5. The van der Waals surface area contributed by atoms with Crippen molar-refractivity contribution in [1.82, 2.24) is 25.1 Å². The van der Waals surface area contributed by atoms with Gasteiger partial charge in [0.15, 0.2) is 11.5 Å². The zero-order valence-electron chi connectivity index (χ0n) is 21.9. The van der Waals surface area contributed by atoms with Crippen LogP contribution in [0.15, 0.2) is 30.7 Å². The van der Waals surface area contributed by atoms with E-state index in [0.29, 0.717) is 28.1 Å². The van der Waals surface area contributed by atoms with Gasteiger partial charge in [0.05, 0.1) is 62.1 Å². The van der Waals surface area contributed by atoms with E-state index in [0.717, 1.165) is 12.8 Å². The number of nitriles is 1. The summed E-state index contributed by atoms with van der Waals surface area (Å²) < 4.78 is 31.7. The van der Waals surface area contributed by atoms with Crippen LogP contribution in [-0.2, 0) is 19.0 Å². The molecule has 40 heavy (non-hydrogen) atoms. The van der Waals surface area contributed by atoms with E-state index in [1.807, 2.05) is 6.07 Å². The number of aromatic nitrogens is 4. The molecule has 1 fully saturated rings. The van der Waals surface area contributed by atoms with E-state index in [1.165, 1.54) is 17.1 Å². The number of fused-ring (bicyclic) bond motifs is 1. The number of hydrogen-bond donors (Lipinski definition) is 3. The van der Waals surface area contributed by atoms with E-state index in [-0.39, 0.29) is 44.6 Å². The van der Waals surface area contributed by atoms with Gasteiger partial charge in [-0.25, -0.2) is 19.2 Å². The van der Waals surface area contributed by atoms with Crippen molar-refractivity contribution in [1.29, 1.82) is 5.26 Å². The van der Waals surface area contributed by atoms with E-state index in [2.05, 4.69) is 25.7 Å². The summed E-state index contributed by atoms with van der Waals surface area (Å²) in [4.78, 5) is 32.0. The van der Waals surface area contributed by atoms with Crippen molar-refractivity contribution in [2.24, 2.45) is 0 Å². The van der Waals surface area contributed by atoms with Crippen LogP contribution in [0.2, 0.25) is 0 Å². The topological polar surface area (TPSA) is 174 Å². The Morgan fingerprint density at radius 1 is 1.18 bits per heavy atom. The van der Waals surface area contributed by atoms with Crippen molar-refractivity contribution >= 4 is 28.6 Å². The Hall–Kier alpha value is -4.19. The highest BCUT2D eigenvalue weighted by atomic mass is 19.1. The molecule has 0 saturated heterocycles. The Kier molecular flexibility index (Phi) is 9.90. The fourth-order valence-corrected chi connectivity index (χ4v) is 3.69. The van der Waals surface area contributed by atoms with Crippen LogP contribution in [0, 0.1) is 11.3 Å². The summed E-state index contributed by atoms with van der Waals surface area (Å²) in [6.07, 6.45) is 4.15. The maximum Gasteiger partial charge on any atom is 0.329 e. The molecule has 4 rings (SSSR count). The average Bonchev–Trinajstić information content (AvgIpc) is 3.67. The fraction of sp³-hybridized carbons (Fsp3) is 0.462. The van der Waals surface area contributed by atoms with E-state index >= 15 is 0 Å². The first-order valence-corrected chi connectivity index (χ1v) is 12.8. The molecule has 212 valence electrons. The normalized spacial score (nSPS) is 14.4. The Bertz CT molecular complexity index is 1370. The Morgan fingerprint density at radius 2 is 1.95 bits per heavy atom. The van der Waals surface area contributed by atoms with Gasteiger partial charge in [-0.05, 0) is 25.8 Å². The Labute approximate surface area is 229 Å². The lowest BCUT2D eigenvalue weighted by Gasteiger charge is -2.19. The standard InChI is InChI=1S/C26H30FN7O6/c1-16(40-7-6-38-4-5-39-15-24(35)36)21(27)14-31-26(37)20-13-29-23(9-22(20)33-19-2-3-19)34-25-18(12-32-34)8-17(10-28)11-30-25/h8-9,11-13,16,19,21H,2-7,14-15H2,1H3,(H,29,33)(H,31,37)(H,35,36). The van der Waals surface area contributed by atoms with Crippen LogP contribution in [0.5, 0.6) is 0 Å². The van der Waals surface area contributed by atoms with Crippen molar-refractivity contribution in [3.63, 3.8) is 0 Å². The lowest BCUT2D eigenvalue weighted by atomic mass is 10.2. The molecule has 3 N–H and O–H groups in total. The predicted octanol–water partition coefficient (Wildman–Crippen LogP) is 1.85. The maximum atomic E-state index is 14.7. The number of carboxylic acids is 1. The van der Waals surface area contributed by atoms with Crippen LogP contribution in [0.3, 0.4) is 0 Å². The van der Waals surface area contributed by atoms with Crippen LogP contribution in [0.4, 0.5) is 10.1 Å². The number of hydrogen-bond acceptors (Lipinski definition) is 10. The van der Waals surface area contributed by atoms with Crippen molar-refractivity contribution in [3.8, 4) is 11.9 Å². The lowest BCUT2D eigenvalue weighted by Crippen LogP contribution is -2.37. The first-order chi connectivity index (χ1) is 19.4. The van der Waals surface area contributed by atoms with E-state index < -0.39 is 30.8 Å². The van der Waals surface area contributed by atoms with Gasteiger partial charge in [-0.3, -0.25) is 4.79 Å². The summed E-state index contributed by atoms with van der Waals surface area (Å²) in [6.45, 7) is 1.55. The van der Waals surface area contributed by atoms with Gasteiger partial charge < -0.3 is 30.0 Å². The van der Waals surface area contributed by atoms with Crippen LogP contribution < -0.4 is 10.6 Å². The quantitative estimate of drug-likeness (QED) is 0.220. The molecule has 0 radical (unpaired) electrons. The molecule has 1 amide bonds. The highest BCUT2D eigenvalue weighted by molar-refractivity contribution is 5.99. The maximum absolute atomic E-state index is 14.7. The molecular formula is C26H30FN7O6. The largest absolute Gasteiger partial charge is 0.480 e. The molecule has 1 saturated carbocycles. The minimum Gasteiger partial charge on any atom is -0.480 e. The summed E-state index contributed by atoms with van der Waals surface area (Å²) >= 11 is 0. The first-order valence-electron chi connectivity index (χ1n) is 12.8. The third-order valence-corrected chi connectivity index (χ3v) is 6.00. The van der Waals surface area contributed by atoms with Gasteiger partial charge in [-0.1, -0.05) is 0 Å². The molecule has 14 heteroatoms. The second-order valence-electron chi connectivity index (χ2n) is 9.17. The van der Waals surface area contributed by atoms with Gasteiger partial charge in [0.25, 0.3) is 5.91 Å². The highest BCUT2D eigenvalue weighted by Crippen LogP contribution is 2.28. The molecule has 0 aromatic carbocycles. The predicted molar refractivity (Wildman–Crippen MR) is 140 cm³/mol. The summed E-state index contributed by atoms with van der Waals surface area (Å²) in [7, 11) is 0. The van der Waals surface area contributed by atoms with Gasteiger partial charge in [-0.15, -0.1) is 0 Å². The smallest absolute Gasteiger partial charge is 0.329 e. The Morgan fingerprint density at radius 3 is 2.70 bits per heavy atom. The second-order valence-corrected chi connectivity index (χ2v) is 9.17. The van der Waals surface area contributed by atoms with Crippen LogP contribution in [0.1, 0.15) is 35.7 Å². The first kappa shape index (κ1) is 28.8. The van der Waals surface area contributed by atoms with Crippen molar-refractivity contribution < 1.29 is 33.3 Å². The molecule has 2 unspecified atom stereocenters. The molecule has 3 aromatic heterocycles. The number of ether oxygens (including phenoxy) is 3. The fourth-order valence-electron chi connectivity index (χ4n) is 3.69. The van der Waals surface area contributed by atoms with Crippen molar-refractivity contribution in [3.05, 3.63) is 41.9 Å². The average molecular weight is 556 g/mol. The van der Waals surface area contributed by atoms with Crippen molar-refractivity contribution in [2.75, 3.05) is 44.9 Å². The monoisotopic (exact) mass is 555 g/mol. The molecule has 2 atom stereocenters. The summed E-state index contributed by atoms with van der Waals surface area (Å²) in [5.74, 6) is -1.10. The van der Waals surface area contributed by atoms with Gasteiger partial charge in [0.2, 0.25) is 0 Å². The summed E-state index contributed by atoms with van der Waals surface area (Å²) in [5, 5.41) is 28.5. The molecule has 1 aliphatic rings. The zero-order valence-corrected chi connectivity index (χ0v) is 21.9. The Balaban J connectivity index is 1.31. The number of pyridine rings is 2. The summed E-state index contributed by atoms with van der Waals surface area (Å²) in [5.41, 5.74) is 1.76. The van der Waals surface area contributed by atoms with Crippen LogP contribution in [-0.4, -0.2) is 94.6 Å². The SMILES string of the molecule is CC(OCCOCCOCC(=O)O)C(F)CNC(=O)c1cnc(-n2ncc3cc(C#N)cnc32)cc1NC1CC1.